The van der Waals surface area contributed by atoms with Crippen LogP contribution in [0.15, 0.2) is 12.3 Å². The topological polar surface area (TPSA) is 92.9 Å². The van der Waals surface area contributed by atoms with Crippen LogP contribution in [0.2, 0.25) is 0 Å². The van der Waals surface area contributed by atoms with Gasteiger partial charge in [0.15, 0.2) is 0 Å². The minimum absolute atomic E-state index is 0.0696. The Morgan fingerprint density at radius 1 is 1.69 bits per heavy atom. The molecule has 0 bridgehead atoms. The van der Waals surface area contributed by atoms with Crippen LogP contribution in [0.25, 0.3) is 0 Å². The largest absolute Gasteiger partial charge is 0.368 e. The Bertz CT molecular complexity index is 301. The second kappa shape index (κ2) is 4.24. The highest BCUT2D eigenvalue weighted by Crippen LogP contribution is 2.03. The molecule has 13 heavy (non-hydrogen) atoms. The standard InChI is InChI=1S/C7H11N5O/c1-9-7-10-3-2-6(12-7)11-4-5(8)13/h2-3H,4H2,1H3,(H2,8,13)(H2,9,10,11,12). The SMILES string of the molecule is CNc1nccc(NCC(N)=O)n1. The molecule has 0 aromatic carbocycles. The molecule has 1 aromatic heterocycles. The average molecular weight is 181 g/mol. The maximum absolute atomic E-state index is 10.4. The van der Waals surface area contributed by atoms with E-state index in [0.717, 1.165) is 0 Å². The lowest BCUT2D eigenvalue weighted by Crippen LogP contribution is -2.22. The van der Waals surface area contributed by atoms with Crippen LogP contribution in [0.1, 0.15) is 0 Å². The van der Waals surface area contributed by atoms with Crippen molar-refractivity contribution >= 4 is 17.7 Å². The molecule has 6 heteroatoms. The van der Waals surface area contributed by atoms with Crippen molar-refractivity contribution in [3.63, 3.8) is 0 Å². The number of nitrogens with two attached hydrogens (primary N) is 1. The zero-order valence-electron chi connectivity index (χ0n) is 7.24. The van der Waals surface area contributed by atoms with Gasteiger partial charge in [-0.15, -0.1) is 0 Å². The molecule has 0 atom stereocenters. The van der Waals surface area contributed by atoms with Gasteiger partial charge in [-0.2, -0.15) is 4.98 Å². The first-order valence-electron chi connectivity index (χ1n) is 3.75. The molecule has 0 spiro atoms. The fourth-order valence-electron chi connectivity index (χ4n) is 0.755. The molecule has 1 heterocycles. The van der Waals surface area contributed by atoms with E-state index in [1.807, 2.05) is 0 Å². The van der Waals surface area contributed by atoms with Crippen molar-refractivity contribution in [2.45, 2.75) is 0 Å². The fraction of sp³-hybridized carbons (Fsp3) is 0.286. The van der Waals surface area contributed by atoms with Gasteiger partial charge in [0.2, 0.25) is 11.9 Å². The highest BCUT2D eigenvalue weighted by Gasteiger charge is 1.97. The van der Waals surface area contributed by atoms with Gasteiger partial charge in [0.25, 0.3) is 0 Å². The van der Waals surface area contributed by atoms with Crippen LogP contribution in [-0.4, -0.2) is 29.5 Å². The maximum atomic E-state index is 10.4. The van der Waals surface area contributed by atoms with E-state index < -0.39 is 5.91 Å². The van der Waals surface area contributed by atoms with Crippen LogP contribution in [0.5, 0.6) is 0 Å². The summed E-state index contributed by atoms with van der Waals surface area (Å²) in [5, 5.41) is 5.53. The summed E-state index contributed by atoms with van der Waals surface area (Å²) in [6, 6.07) is 1.66. The lowest BCUT2D eigenvalue weighted by Gasteiger charge is -2.03. The lowest BCUT2D eigenvalue weighted by atomic mass is 10.5. The number of amides is 1. The van der Waals surface area contributed by atoms with Crippen molar-refractivity contribution in [2.75, 3.05) is 24.2 Å². The molecule has 70 valence electrons. The quantitative estimate of drug-likeness (QED) is 0.577. The van der Waals surface area contributed by atoms with E-state index in [2.05, 4.69) is 20.6 Å². The predicted octanol–water partition coefficient (Wildman–Crippen LogP) is -0.585. The molecule has 0 saturated carbocycles. The Hall–Kier alpha value is -1.85. The maximum Gasteiger partial charge on any atom is 0.236 e. The summed E-state index contributed by atoms with van der Waals surface area (Å²) in [5.74, 6) is 0.636. The lowest BCUT2D eigenvalue weighted by molar-refractivity contribution is -0.116. The molecule has 6 nitrogen and oxygen atoms in total. The van der Waals surface area contributed by atoms with E-state index in [9.17, 15) is 4.79 Å². The Labute approximate surface area is 75.6 Å². The van der Waals surface area contributed by atoms with Crippen molar-refractivity contribution in [3.05, 3.63) is 12.3 Å². The summed E-state index contributed by atoms with van der Waals surface area (Å²) in [6.45, 7) is 0.0696. The van der Waals surface area contributed by atoms with Crippen LogP contribution in [0, 0.1) is 0 Å². The second-order valence-corrected chi connectivity index (χ2v) is 2.34. The summed E-state index contributed by atoms with van der Waals surface area (Å²) >= 11 is 0. The minimum atomic E-state index is -0.426. The van der Waals surface area contributed by atoms with Gasteiger partial charge in [0.05, 0.1) is 6.54 Å². The van der Waals surface area contributed by atoms with Gasteiger partial charge in [-0.25, -0.2) is 4.98 Å². The highest BCUT2D eigenvalue weighted by molar-refractivity contribution is 5.78. The van der Waals surface area contributed by atoms with Gasteiger partial charge in [0, 0.05) is 13.2 Å². The van der Waals surface area contributed by atoms with Crippen molar-refractivity contribution in [1.82, 2.24) is 9.97 Å². The van der Waals surface area contributed by atoms with E-state index >= 15 is 0 Å². The number of nitrogens with one attached hydrogen (secondary N) is 2. The molecule has 0 aliphatic heterocycles. The molecular formula is C7H11N5O. The molecule has 0 aliphatic rings. The van der Waals surface area contributed by atoms with Crippen molar-refractivity contribution in [2.24, 2.45) is 5.73 Å². The average Bonchev–Trinajstić information content (AvgIpc) is 2.15. The van der Waals surface area contributed by atoms with Gasteiger partial charge in [-0.1, -0.05) is 0 Å². The molecular weight excluding hydrogens is 170 g/mol. The number of hydrogen-bond acceptors (Lipinski definition) is 5. The van der Waals surface area contributed by atoms with Crippen LogP contribution in [0.3, 0.4) is 0 Å². The number of nitrogens with zero attached hydrogens (tertiary/aromatic N) is 2. The zero-order valence-corrected chi connectivity index (χ0v) is 7.24. The summed E-state index contributed by atoms with van der Waals surface area (Å²) in [5.41, 5.74) is 4.95. The van der Waals surface area contributed by atoms with Gasteiger partial charge in [0.1, 0.15) is 5.82 Å². The van der Waals surface area contributed by atoms with Gasteiger partial charge in [-0.3, -0.25) is 4.79 Å². The van der Waals surface area contributed by atoms with E-state index in [4.69, 9.17) is 5.73 Å². The molecule has 1 aromatic rings. The van der Waals surface area contributed by atoms with Crippen LogP contribution in [-0.2, 0) is 4.79 Å². The summed E-state index contributed by atoms with van der Waals surface area (Å²) < 4.78 is 0. The van der Waals surface area contributed by atoms with Gasteiger partial charge < -0.3 is 16.4 Å². The number of anilines is 2. The summed E-state index contributed by atoms with van der Waals surface area (Å²) in [4.78, 5) is 18.4. The number of carbonyl (C=O) groups excluding carboxylic acids is 1. The molecule has 0 fully saturated rings. The monoisotopic (exact) mass is 181 g/mol. The Kier molecular flexibility index (Phi) is 3.02. The third-order valence-corrected chi connectivity index (χ3v) is 1.32. The number of hydrogen-bond donors (Lipinski definition) is 3. The first kappa shape index (κ1) is 9.24. The van der Waals surface area contributed by atoms with Crippen LogP contribution >= 0.6 is 0 Å². The molecule has 1 amide bonds. The van der Waals surface area contributed by atoms with Crippen LogP contribution in [0.4, 0.5) is 11.8 Å². The van der Waals surface area contributed by atoms with Crippen molar-refractivity contribution in [1.29, 1.82) is 0 Å². The molecule has 4 N–H and O–H groups in total. The number of rotatable bonds is 4. The first-order valence-corrected chi connectivity index (χ1v) is 3.75. The molecule has 0 radical (unpaired) electrons. The normalized spacial score (nSPS) is 9.31. The third-order valence-electron chi connectivity index (χ3n) is 1.32. The number of aromatic nitrogens is 2. The minimum Gasteiger partial charge on any atom is -0.368 e. The van der Waals surface area contributed by atoms with Gasteiger partial charge in [-0.05, 0) is 6.07 Å². The molecule has 1 rings (SSSR count). The van der Waals surface area contributed by atoms with E-state index in [-0.39, 0.29) is 6.54 Å². The molecule has 0 aliphatic carbocycles. The van der Waals surface area contributed by atoms with Gasteiger partial charge >= 0.3 is 0 Å². The predicted molar refractivity (Wildman–Crippen MR) is 49.3 cm³/mol. The van der Waals surface area contributed by atoms with Crippen LogP contribution < -0.4 is 16.4 Å². The smallest absolute Gasteiger partial charge is 0.236 e. The van der Waals surface area contributed by atoms with E-state index in [1.54, 1.807) is 19.3 Å². The number of primary amides is 1. The number of carbonyl (C=O) groups is 1. The second-order valence-electron chi connectivity index (χ2n) is 2.34. The molecule has 0 saturated heterocycles. The van der Waals surface area contributed by atoms with Crippen molar-refractivity contribution < 1.29 is 4.79 Å². The Balaban J connectivity index is 2.61. The Morgan fingerprint density at radius 3 is 3.08 bits per heavy atom. The Morgan fingerprint density at radius 2 is 2.46 bits per heavy atom. The summed E-state index contributed by atoms with van der Waals surface area (Å²) in [7, 11) is 1.72. The first-order chi connectivity index (χ1) is 6.22. The highest BCUT2D eigenvalue weighted by atomic mass is 16.1. The van der Waals surface area contributed by atoms with E-state index in [1.165, 1.54) is 0 Å². The third kappa shape index (κ3) is 2.94. The van der Waals surface area contributed by atoms with E-state index in [0.29, 0.717) is 11.8 Å². The summed E-state index contributed by atoms with van der Waals surface area (Å²) in [6.07, 6.45) is 1.59. The van der Waals surface area contributed by atoms with Crippen molar-refractivity contribution in [3.8, 4) is 0 Å². The fourth-order valence-corrected chi connectivity index (χ4v) is 0.755. The zero-order chi connectivity index (χ0) is 9.68. The molecule has 0 unspecified atom stereocenters.